The predicted octanol–water partition coefficient (Wildman–Crippen LogP) is 0.517. The largest absolute Gasteiger partial charge is 0.507 e. The maximum Gasteiger partial charge on any atom is 0.507 e. The number of anilines is 1. The molecule has 0 unspecified atom stereocenters. The van der Waals surface area contributed by atoms with E-state index in [1.54, 1.807) is 6.20 Å². The Morgan fingerprint density at radius 1 is 1.27 bits per heavy atom. The van der Waals surface area contributed by atoms with Gasteiger partial charge < -0.3 is 19.9 Å². The third kappa shape index (κ3) is 3.65. The molecule has 9 heteroatoms. The molecule has 120 valence electrons. The highest BCUT2D eigenvalue weighted by Gasteiger charge is 2.52. The maximum absolute atomic E-state index is 11.6. The lowest BCUT2D eigenvalue weighted by atomic mass is 9.89. The molecule has 1 fully saturated rings. The molecule has 1 saturated heterocycles. The highest BCUT2D eigenvalue weighted by Crippen LogP contribution is 2.36. The number of nitrogens with one attached hydrogen (secondary N) is 2. The van der Waals surface area contributed by atoms with Gasteiger partial charge in [-0.1, -0.05) is 0 Å². The monoisotopic (exact) mass is 325 g/mol. The van der Waals surface area contributed by atoms with Crippen LogP contribution in [0.2, 0.25) is 0 Å². The normalized spacial score (nSPS) is 19.0. The lowest BCUT2D eigenvalue weighted by molar-refractivity contribution is -0.122. The summed E-state index contributed by atoms with van der Waals surface area (Å²) in [6.45, 7) is 9.18. The van der Waals surface area contributed by atoms with Crippen molar-refractivity contribution in [2.75, 3.05) is 11.9 Å². The van der Waals surface area contributed by atoms with Crippen LogP contribution in [0.3, 0.4) is 0 Å². The molecule has 1 aromatic rings. The van der Waals surface area contributed by atoms with Crippen molar-refractivity contribution < 1.29 is 18.9 Å². The minimum absolute atomic E-state index is 0.0826. The fourth-order valence-electron chi connectivity index (χ4n) is 1.78. The Bertz CT molecular complexity index is 572. The molecular weight excluding hydrogens is 305 g/mol. The third-order valence-electron chi connectivity index (χ3n) is 3.75. The molecule has 2 heterocycles. The van der Waals surface area contributed by atoms with Crippen LogP contribution in [0.4, 0.5) is 5.13 Å². The van der Waals surface area contributed by atoms with Gasteiger partial charge in [-0.2, -0.15) is 0 Å². The molecule has 2 rings (SSSR count). The number of hydrogen-bond acceptors (Lipinski definition) is 6. The van der Waals surface area contributed by atoms with E-state index in [2.05, 4.69) is 15.6 Å². The number of nitrogens with zero attached hydrogens (tertiary/aromatic N) is 1. The van der Waals surface area contributed by atoms with Gasteiger partial charge in [-0.15, -0.1) is 11.3 Å². The lowest BCUT2D eigenvalue weighted by Gasteiger charge is -2.32. The predicted molar refractivity (Wildman–Crippen MR) is 85.1 cm³/mol. The Labute approximate surface area is 133 Å². The van der Waals surface area contributed by atoms with Crippen molar-refractivity contribution in [2.45, 2.75) is 45.8 Å². The second-order valence-corrected chi connectivity index (χ2v) is 7.18. The number of amides is 2. The minimum Gasteiger partial charge on any atom is -0.399 e. The van der Waals surface area contributed by atoms with Crippen LogP contribution in [0.25, 0.3) is 0 Å². The fourth-order valence-corrected chi connectivity index (χ4v) is 2.57. The van der Waals surface area contributed by atoms with Crippen molar-refractivity contribution in [3.63, 3.8) is 0 Å². The number of thiazole rings is 1. The molecule has 1 aromatic heterocycles. The average molecular weight is 325 g/mol. The SMILES string of the molecule is CC(=O)NCC(=O)Nc1ncc(B2OC(C)(C)C(C)(C)O2)s1. The first kappa shape index (κ1) is 16.9. The van der Waals surface area contributed by atoms with Gasteiger partial charge in [0, 0.05) is 13.1 Å². The van der Waals surface area contributed by atoms with Crippen molar-refractivity contribution in [2.24, 2.45) is 0 Å². The molecule has 0 bridgehead atoms. The van der Waals surface area contributed by atoms with E-state index >= 15 is 0 Å². The van der Waals surface area contributed by atoms with Crippen LogP contribution >= 0.6 is 11.3 Å². The second kappa shape index (κ2) is 5.98. The van der Waals surface area contributed by atoms with Gasteiger partial charge >= 0.3 is 7.12 Å². The molecule has 1 aliphatic rings. The first-order chi connectivity index (χ1) is 10.1. The number of hydrogen-bond donors (Lipinski definition) is 2. The zero-order chi connectivity index (χ0) is 16.5. The summed E-state index contributed by atoms with van der Waals surface area (Å²) >= 11 is 1.29. The molecule has 2 amide bonds. The molecule has 7 nitrogen and oxygen atoms in total. The van der Waals surface area contributed by atoms with Crippen molar-refractivity contribution in [3.05, 3.63) is 6.20 Å². The fraction of sp³-hybridized carbons (Fsp3) is 0.615. The number of carbonyl (C=O) groups is 2. The Morgan fingerprint density at radius 2 is 1.86 bits per heavy atom. The van der Waals surface area contributed by atoms with Gasteiger partial charge in [0.05, 0.1) is 22.5 Å². The Balaban J connectivity index is 1.98. The van der Waals surface area contributed by atoms with Crippen LogP contribution < -0.4 is 15.4 Å². The summed E-state index contributed by atoms with van der Waals surface area (Å²) in [7, 11) is -0.497. The van der Waals surface area contributed by atoms with E-state index in [0.717, 1.165) is 4.78 Å². The number of carbonyl (C=O) groups excluding carboxylic acids is 2. The second-order valence-electron chi connectivity index (χ2n) is 6.11. The van der Waals surface area contributed by atoms with Gasteiger partial charge in [-0.05, 0) is 27.7 Å². The molecule has 0 spiro atoms. The van der Waals surface area contributed by atoms with E-state index in [1.807, 2.05) is 27.7 Å². The molecule has 0 saturated carbocycles. The van der Waals surface area contributed by atoms with E-state index < -0.39 is 18.3 Å². The van der Waals surface area contributed by atoms with Crippen LogP contribution in [0, 0.1) is 0 Å². The summed E-state index contributed by atoms with van der Waals surface area (Å²) < 4.78 is 12.6. The van der Waals surface area contributed by atoms with E-state index in [1.165, 1.54) is 18.3 Å². The van der Waals surface area contributed by atoms with Gasteiger partial charge in [-0.25, -0.2) is 4.98 Å². The van der Waals surface area contributed by atoms with E-state index in [4.69, 9.17) is 9.31 Å². The van der Waals surface area contributed by atoms with Crippen molar-refractivity contribution in [1.82, 2.24) is 10.3 Å². The smallest absolute Gasteiger partial charge is 0.399 e. The summed E-state index contributed by atoms with van der Waals surface area (Å²) in [6.07, 6.45) is 1.63. The van der Waals surface area contributed by atoms with Gasteiger partial charge in [-0.3, -0.25) is 9.59 Å². The van der Waals surface area contributed by atoms with Crippen LogP contribution in [-0.4, -0.2) is 41.7 Å². The Hall–Kier alpha value is -1.45. The summed E-state index contributed by atoms with van der Waals surface area (Å²) in [6, 6.07) is 0. The highest BCUT2D eigenvalue weighted by atomic mass is 32.1. The molecule has 2 N–H and O–H groups in total. The van der Waals surface area contributed by atoms with E-state index in [0.29, 0.717) is 5.13 Å². The van der Waals surface area contributed by atoms with Crippen LogP contribution in [0.1, 0.15) is 34.6 Å². The van der Waals surface area contributed by atoms with Crippen LogP contribution in [0.15, 0.2) is 6.20 Å². The van der Waals surface area contributed by atoms with Crippen molar-refractivity contribution in [3.8, 4) is 0 Å². The van der Waals surface area contributed by atoms with Gasteiger partial charge in [0.25, 0.3) is 0 Å². The summed E-state index contributed by atoms with van der Waals surface area (Å²) in [4.78, 5) is 26.5. The quantitative estimate of drug-likeness (QED) is 0.788. The topological polar surface area (TPSA) is 89.6 Å². The third-order valence-corrected chi connectivity index (χ3v) is 4.69. The summed E-state index contributed by atoms with van der Waals surface area (Å²) in [5.41, 5.74) is -0.840. The van der Waals surface area contributed by atoms with E-state index in [9.17, 15) is 9.59 Å². The summed E-state index contributed by atoms with van der Waals surface area (Å²) in [5.74, 6) is -0.586. The number of rotatable bonds is 4. The Kier molecular flexibility index (Phi) is 4.60. The minimum atomic E-state index is -0.497. The zero-order valence-corrected chi connectivity index (χ0v) is 14.2. The number of aromatic nitrogens is 1. The van der Waals surface area contributed by atoms with Crippen molar-refractivity contribution >= 4 is 40.2 Å². The lowest BCUT2D eigenvalue weighted by Crippen LogP contribution is -2.41. The molecule has 22 heavy (non-hydrogen) atoms. The molecule has 0 atom stereocenters. The first-order valence-electron chi connectivity index (χ1n) is 6.96. The first-order valence-corrected chi connectivity index (χ1v) is 7.78. The van der Waals surface area contributed by atoms with Gasteiger partial charge in [0.15, 0.2) is 5.13 Å². The van der Waals surface area contributed by atoms with Gasteiger partial charge in [0.2, 0.25) is 11.8 Å². The zero-order valence-electron chi connectivity index (χ0n) is 13.4. The van der Waals surface area contributed by atoms with Crippen molar-refractivity contribution in [1.29, 1.82) is 0 Å². The molecule has 0 radical (unpaired) electrons. The van der Waals surface area contributed by atoms with Crippen LogP contribution in [-0.2, 0) is 18.9 Å². The molecule has 0 aromatic carbocycles. The summed E-state index contributed by atoms with van der Waals surface area (Å²) in [5, 5.41) is 5.50. The highest BCUT2D eigenvalue weighted by molar-refractivity contribution is 7.25. The molecule has 0 aliphatic carbocycles. The average Bonchev–Trinajstić information content (AvgIpc) is 2.90. The molecular formula is C13H20BN3O4S. The maximum atomic E-state index is 11.6. The standard InChI is InChI=1S/C13H20BN3O4S/c1-8(18)15-7-10(19)17-11-16-6-9(22-11)14-20-12(2,3)13(4,5)21-14/h6H,7H2,1-5H3,(H,15,18)(H,16,17,19). The van der Waals surface area contributed by atoms with E-state index in [-0.39, 0.29) is 18.4 Å². The molecule has 1 aliphatic heterocycles. The Morgan fingerprint density at radius 3 is 2.41 bits per heavy atom. The van der Waals surface area contributed by atoms with Gasteiger partial charge in [0.1, 0.15) is 0 Å². The van der Waals surface area contributed by atoms with Crippen LogP contribution in [0.5, 0.6) is 0 Å².